The number of alkyl halides is 2. The van der Waals surface area contributed by atoms with Crippen molar-refractivity contribution < 1.29 is 13.6 Å². The molecule has 1 saturated heterocycles. The number of allylic oxidation sites excluding steroid dienone is 4. The number of aromatic nitrogens is 2. The zero-order chi connectivity index (χ0) is 25.3. The molecular weight excluding hydrogens is 499 g/mol. The molecule has 2 aromatic rings. The molecule has 4 rings (SSSR count). The Morgan fingerprint density at radius 3 is 2.51 bits per heavy atom. The quantitative estimate of drug-likeness (QED) is 0.631. The maximum absolute atomic E-state index is 15.0. The highest BCUT2D eigenvalue weighted by Crippen LogP contribution is 2.39. The van der Waals surface area contributed by atoms with Crippen LogP contribution in [-0.2, 0) is 0 Å². The number of nitrogens with zero attached hydrogens (tertiary/aromatic N) is 4. The van der Waals surface area contributed by atoms with E-state index in [9.17, 15) is 18.4 Å². The van der Waals surface area contributed by atoms with Crippen molar-refractivity contribution in [2.45, 2.75) is 30.8 Å². The van der Waals surface area contributed by atoms with Gasteiger partial charge in [-0.25, -0.2) is 9.78 Å². The molecule has 1 fully saturated rings. The summed E-state index contributed by atoms with van der Waals surface area (Å²) in [4.78, 5) is 33.3. The van der Waals surface area contributed by atoms with E-state index in [2.05, 4.69) is 10.3 Å². The Hall–Kier alpha value is -2.91. The fraction of sp³-hybridized carbons (Fsp3) is 0.375. The van der Waals surface area contributed by atoms with Gasteiger partial charge < -0.3 is 15.1 Å². The van der Waals surface area contributed by atoms with E-state index in [1.807, 2.05) is 4.90 Å². The zero-order valence-electron chi connectivity index (χ0n) is 19.2. The number of halogens is 4. The van der Waals surface area contributed by atoms with Gasteiger partial charge in [-0.15, -0.1) is 0 Å². The van der Waals surface area contributed by atoms with E-state index in [1.54, 1.807) is 38.4 Å². The molecule has 1 aliphatic heterocycles. The number of rotatable bonds is 4. The Balaban J connectivity index is 1.71. The Labute approximate surface area is 211 Å². The normalized spacial score (nSPS) is 19.9. The monoisotopic (exact) mass is 523 g/mol. The van der Waals surface area contributed by atoms with E-state index in [1.165, 1.54) is 23.1 Å². The van der Waals surface area contributed by atoms with Crippen LogP contribution in [0.4, 0.5) is 19.4 Å². The van der Waals surface area contributed by atoms with Gasteiger partial charge in [-0.3, -0.25) is 9.36 Å². The van der Waals surface area contributed by atoms with Crippen molar-refractivity contribution in [3.05, 3.63) is 69.0 Å². The van der Waals surface area contributed by atoms with Crippen LogP contribution in [0.3, 0.4) is 0 Å². The minimum atomic E-state index is -3.40. The number of hydrogen-bond acceptors (Lipinski definition) is 4. The lowest BCUT2D eigenvalue weighted by molar-refractivity contribution is 0.0134. The minimum absolute atomic E-state index is 0.00726. The fourth-order valence-electron chi connectivity index (χ4n) is 4.19. The van der Waals surface area contributed by atoms with Crippen molar-refractivity contribution in [3.63, 3.8) is 0 Å². The number of nitrogens with one attached hydrogen (secondary N) is 1. The summed E-state index contributed by atoms with van der Waals surface area (Å²) in [6.45, 7) is 1.07. The number of piperidine rings is 1. The van der Waals surface area contributed by atoms with Crippen molar-refractivity contribution >= 4 is 35.1 Å². The van der Waals surface area contributed by atoms with Crippen molar-refractivity contribution in [1.82, 2.24) is 19.8 Å². The summed E-state index contributed by atoms with van der Waals surface area (Å²) in [5.41, 5.74) is -0.264. The largest absolute Gasteiger partial charge is 0.356 e. The van der Waals surface area contributed by atoms with E-state index in [0.717, 1.165) is 4.57 Å². The second-order valence-corrected chi connectivity index (χ2v) is 9.58. The summed E-state index contributed by atoms with van der Waals surface area (Å²) in [6.07, 6.45) is 4.47. The summed E-state index contributed by atoms with van der Waals surface area (Å²) < 4.78 is 30.9. The SMILES string of the molecule is CN(C)C(=O)NC1CCN(c2cc(=O)n(C3C=CC(Cl)=CC3(F)F)c(-c3ccccc3Cl)n2)CC1. The lowest BCUT2D eigenvalue weighted by Crippen LogP contribution is -2.48. The molecule has 186 valence electrons. The van der Waals surface area contributed by atoms with Crippen LogP contribution in [0.5, 0.6) is 0 Å². The maximum Gasteiger partial charge on any atom is 0.317 e. The van der Waals surface area contributed by atoms with E-state index >= 15 is 0 Å². The summed E-state index contributed by atoms with van der Waals surface area (Å²) in [6, 6.07) is 6.15. The highest BCUT2D eigenvalue weighted by molar-refractivity contribution is 6.33. The van der Waals surface area contributed by atoms with Crippen LogP contribution in [0.15, 0.2) is 58.4 Å². The molecule has 0 saturated carbocycles. The van der Waals surface area contributed by atoms with Crippen LogP contribution in [0.1, 0.15) is 18.9 Å². The highest BCUT2D eigenvalue weighted by atomic mass is 35.5. The molecular formula is C24H25Cl2F2N5O2. The van der Waals surface area contributed by atoms with Crippen molar-refractivity contribution in [2.75, 3.05) is 32.1 Å². The lowest BCUT2D eigenvalue weighted by Gasteiger charge is -2.34. The number of hydrogen-bond donors (Lipinski definition) is 1. The van der Waals surface area contributed by atoms with Gasteiger partial charge in [-0.1, -0.05) is 41.4 Å². The molecule has 7 nitrogen and oxygen atoms in total. The summed E-state index contributed by atoms with van der Waals surface area (Å²) in [7, 11) is 3.35. The first-order valence-corrected chi connectivity index (χ1v) is 11.9. The average Bonchev–Trinajstić information content (AvgIpc) is 2.79. The van der Waals surface area contributed by atoms with Gasteiger partial charge >= 0.3 is 6.03 Å². The second kappa shape index (κ2) is 9.99. The molecule has 1 unspecified atom stereocenters. The number of carbonyl (C=O) groups excluding carboxylic acids is 1. The topological polar surface area (TPSA) is 70.5 Å². The summed E-state index contributed by atoms with van der Waals surface area (Å²) in [5.74, 6) is -2.99. The first kappa shape index (κ1) is 25.2. The predicted octanol–water partition coefficient (Wildman–Crippen LogP) is 4.67. The third kappa shape index (κ3) is 5.36. The average molecular weight is 524 g/mol. The number of carbonyl (C=O) groups is 1. The van der Waals surface area contributed by atoms with Crippen LogP contribution in [0.2, 0.25) is 5.02 Å². The van der Waals surface area contributed by atoms with Crippen LogP contribution < -0.4 is 15.8 Å². The molecule has 0 radical (unpaired) electrons. The Morgan fingerprint density at radius 1 is 1.20 bits per heavy atom. The van der Waals surface area contributed by atoms with Gasteiger partial charge in [0.05, 0.1) is 5.02 Å². The van der Waals surface area contributed by atoms with Crippen LogP contribution in [-0.4, -0.2) is 59.6 Å². The number of amides is 2. The van der Waals surface area contributed by atoms with Gasteiger partial charge in [-0.2, -0.15) is 8.78 Å². The molecule has 0 spiro atoms. The molecule has 11 heteroatoms. The molecule has 35 heavy (non-hydrogen) atoms. The van der Waals surface area contributed by atoms with Gasteiger partial charge in [0.15, 0.2) is 0 Å². The number of benzene rings is 1. The number of anilines is 1. The zero-order valence-corrected chi connectivity index (χ0v) is 20.7. The molecule has 1 N–H and O–H groups in total. The van der Waals surface area contributed by atoms with E-state index in [-0.39, 0.29) is 28.0 Å². The van der Waals surface area contributed by atoms with Gasteiger partial charge in [0.2, 0.25) is 0 Å². The van der Waals surface area contributed by atoms with Gasteiger partial charge in [0, 0.05) is 56.0 Å². The van der Waals surface area contributed by atoms with Crippen LogP contribution in [0, 0.1) is 0 Å². The third-order valence-corrected chi connectivity index (χ3v) is 6.61. The fourth-order valence-corrected chi connectivity index (χ4v) is 4.62. The van der Waals surface area contributed by atoms with E-state index in [0.29, 0.717) is 43.4 Å². The standard InChI is InChI=1S/C24H25Cl2F2N5O2/c1-31(2)23(35)29-16-9-11-32(12-10-16)20-13-21(34)33(19-8-7-15(25)14-24(19,27)28)22(30-20)17-5-3-4-6-18(17)26/h3-8,13-14,16,19H,9-12H2,1-2H3,(H,29,35). The predicted molar refractivity (Wildman–Crippen MR) is 133 cm³/mol. The molecule has 2 amide bonds. The highest BCUT2D eigenvalue weighted by Gasteiger charge is 2.41. The first-order chi connectivity index (χ1) is 16.6. The Bertz CT molecular complexity index is 1240. The maximum atomic E-state index is 15.0. The Morgan fingerprint density at radius 2 is 1.89 bits per heavy atom. The van der Waals surface area contributed by atoms with Gasteiger partial charge in [0.25, 0.3) is 11.5 Å². The molecule has 2 heterocycles. The third-order valence-electron chi connectivity index (χ3n) is 6.05. The molecule has 1 aromatic heterocycles. The van der Waals surface area contributed by atoms with Crippen molar-refractivity contribution in [1.29, 1.82) is 0 Å². The van der Waals surface area contributed by atoms with E-state index in [4.69, 9.17) is 23.2 Å². The van der Waals surface area contributed by atoms with E-state index < -0.39 is 17.5 Å². The summed E-state index contributed by atoms with van der Waals surface area (Å²) >= 11 is 12.2. The minimum Gasteiger partial charge on any atom is -0.356 e. The van der Waals surface area contributed by atoms with Crippen molar-refractivity contribution in [2.24, 2.45) is 0 Å². The molecule has 0 bridgehead atoms. The smallest absolute Gasteiger partial charge is 0.317 e. The molecule has 2 aliphatic rings. The Kier molecular flexibility index (Phi) is 7.19. The first-order valence-electron chi connectivity index (χ1n) is 11.1. The van der Waals surface area contributed by atoms with Gasteiger partial charge in [-0.05, 0) is 31.1 Å². The van der Waals surface area contributed by atoms with Crippen molar-refractivity contribution in [3.8, 4) is 11.4 Å². The second-order valence-electron chi connectivity index (χ2n) is 8.74. The lowest BCUT2D eigenvalue weighted by atomic mass is 10.0. The number of urea groups is 1. The summed E-state index contributed by atoms with van der Waals surface area (Å²) in [5, 5.41) is 3.14. The molecule has 1 atom stereocenters. The van der Waals surface area contributed by atoms with Gasteiger partial charge in [0.1, 0.15) is 17.7 Å². The van der Waals surface area contributed by atoms with Crippen LogP contribution >= 0.6 is 23.2 Å². The molecule has 1 aliphatic carbocycles. The molecule has 1 aromatic carbocycles. The van der Waals surface area contributed by atoms with Crippen LogP contribution in [0.25, 0.3) is 11.4 Å².